The molecule has 0 radical (unpaired) electrons. The van der Waals surface area contributed by atoms with Crippen LogP contribution in [0.1, 0.15) is 37.7 Å². The number of hydrogen-bond acceptors (Lipinski definition) is 3. The van der Waals surface area contributed by atoms with Gasteiger partial charge in [0.05, 0.1) is 12.5 Å². The summed E-state index contributed by atoms with van der Waals surface area (Å²) in [5.74, 6) is 0.110. The van der Waals surface area contributed by atoms with Gasteiger partial charge in [-0.15, -0.1) is 0 Å². The molecule has 2 fully saturated rings. The van der Waals surface area contributed by atoms with Crippen molar-refractivity contribution in [3.8, 4) is 5.75 Å². The van der Waals surface area contributed by atoms with Crippen LogP contribution in [0.25, 0.3) is 0 Å². The highest BCUT2D eigenvalue weighted by Crippen LogP contribution is 2.32. The maximum Gasteiger partial charge on any atom is 0.306 e. The Kier molecular flexibility index (Phi) is 4.84. The highest BCUT2D eigenvalue weighted by atomic mass is 16.5. The van der Waals surface area contributed by atoms with Gasteiger partial charge in [0.15, 0.2) is 0 Å². The number of aliphatic carboxylic acids is 1. The third-order valence-electron chi connectivity index (χ3n) is 4.75. The highest BCUT2D eigenvalue weighted by molar-refractivity contribution is 5.80. The molecule has 2 N–H and O–H groups in total. The lowest BCUT2D eigenvalue weighted by Crippen LogP contribution is -2.29. The van der Waals surface area contributed by atoms with Gasteiger partial charge in [-0.1, -0.05) is 18.2 Å². The molecular weight excluding hydrogens is 294 g/mol. The molecular formula is C18H23NO4. The van der Waals surface area contributed by atoms with Gasteiger partial charge < -0.3 is 15.2 Å². The summed E-state index contributed by atoms with van der Waals surface area (Å²) in [5.41, 5.74) is 0.967. The summed E-state index contributed by atoms with van der Waals surface area (Å²) in [6.45, 7) is 1.17. The van der Waals surface area contributed by atoms with E-state index in [0.717, 1.165) is 17.9 Å². The van der Waals surface area contributed by atoms with Crippen molar-refractivity contribution in [2.75, 3.05) is 6.61 Å². The lowest BCUT2D eigenvalue weighted by Gasteiger charge is -2.14. The van der Waals surface area contributed by atoms with Crippen molar-refractivity contribution in [2.45, 2.75) is 38.6 Å². The molecule has 5 nitrogen and oxygen atoms in total. The van der Waals surface area contributed by atoms with E-state index in [1.807, 2.05) is 24.3 Å². The molecule has 0 aromatic heterocycles. The van der Waals surface area contributed by atoms with Crippen molar-refractivity contribution in [1.29, 1.82) is 0 Å². The summed E-state index contributed by atoms with van der Waals surface area (Å²) in [6, 6.07) is 7.75. The van der Waals surface area contributed by atoms with Gasteiger partial charge in [-0.3, -0.25) is 9.59 Å². The van der Waals surface area contributed by atoms with E-state index in [9.17, 15) is 9.59 Å². The monoisotopic (exact) mass is 317 g/mol. The number of carbonyl (C=O) groups is 2. The Morgan fingerprint density at radius 3 is 2.57 bits per heavy atom. The van der Waals surface area contributed by atoms with E-state index in [1.165, 1.54) is 12.8 Å². The van der Waals surface area contributed by atoms with Gasteiger partial charge in [0.25, 0.3) is 0 Å². The maximum atomic E-state index is 12.2. The van der Waals surface area contributed by atoms with Crippen LogP contribution in [0, 0.1) is 17.8 Å². The van der Waals surface area contributed by atoms with Gasteiger partial charge in [0.2, 0.25) is 5.91 Å². The zero-order valence-electron chi connectivity index (χ0n) is 13.2. The highest BCUT2D eigenvalue weighted by Gasteiger charge is 2.33. The second-order valence-electron chi connectivity index (χ2n) is 6.63. The number of carboxylic acids is 1. The smallest absolute Gasteiger partial charge is 0.306 e. The van der Waals surface area contributed by atoms with Crippen LogP contribution in [-0.4, -0.2) is 23.6 Å². The van der Waals surface area contributed by atoms with Crippen LogP contribution in [0.5, 0.6) is 5.75 Å². The molecule has 2 saturated carbocycles. The van der Waals surface area contributed by atoms with E-state index in [2.05, 4.69) is 5.32 Å². The van der Waals surface area contributed by atoms with E-state index in [-0.39, 0.29) is 17.7 Å². The standard InChI is InChI=1S/C18H23NO4/c20-17(13-7-8-14(9-13)18(21)22)19-10-15-3-1-2-4-16(15)23-11-12-5-6-12/h1-4,12-14H,5-11H2,(H,19,20)(H,21,22)/t13-,14+/m0/s1. The van der Waals surface area contributed by atoms with Gasteiger partial charge >= 0.3 is 5.97 Å². The molecule has 1 aromatic carbocycles. The maximum absolute atomic E-state index is 12.2. The van der Waals surface area contributed by atoms with Crippen molar-refractivity contribution < 1.29 is 19.4 Å². The number of amides is 1. The normalized spacial score (nSPS) is 23.5. The van der Waals surface area contributed by atoms with Crippen molar-refractivity contribution in [1.82, 2.24) is 5.32 Å². The van der Waals surface area contributed by atoms with Gasteiger partial charge in [-0.2, -0.15) is 0 Å². The molecule has 0 bridgehead atoms. The molecule has 0 aliphatic heterocycles. The second kappa shape index (κ2) is 7.02. The summed E-state index contributed by atoms with van der Waals surface area (Å²) in [5, 5.41) is 11.9. The molecule has 5 heteroatoms. The zero-order valence-corrected chi connectivity index (χ0v) is 13.2. The number of carboxylic acid groups (broad SMARTS) is 1. The summed E-state index contributed by atoms with van der Waals surface area (Å²) in [4.78, 5) is 23.2. The summed E-state index contributed by atoms with van der Waals surface area (Å²) in [6.07, 6.45) is 4.18. The molecule has 1 amide bonds. The fourth-order valence-corrected chi connectivity index (χ4v) is 3.05. The number of hydrogen-bond donors (Lipinski definition) is 2. The number of carbonyl (C=O) groups excluding carboxylic acids is 1. The molecule has 1 aromatic rings. The quantitative estimate of drug-likeness (QED) is 0.810. The number of rotatable bonds is 7. The largest absolute Gasteiger partial charge is 0.493 e. The number of para-hydroxylation sites is 1. The average molecular weight is 317 g/mol. The predicted molar refractivity (Wildman–Crippen MR) is 85.0 cm³/mol. The molecule has 2 atom stereocenters. The van der Waals surface area contributed by atoms with Crippen molar-refractivity contribution in [3.05, 3.63) is 29.8 Å². The molecule has 0 spiro atoms. The van der Waals surface area contributed by atoms with Crippen LogP contribution in [0.2, 0.25) is 0 Å². The van der Waals surface area contributed by atoms with E-state index in [1.54, 1.807) is 0 Å². The molecule has 0 saturated heterocycles. The Hall–Kier alpha value is -2.04. The van der Waals surface area contributed by atoms with Gasteiger partial charge in [0.1, 0.15) is 5.75 Å². The fourth-order valence-electron chi connectivity index (χ4n) is 3.05. The van der Waals surface area contributed by atoms with Crippen molar-refractivity contribution >= 4 is 11.9 Å². The topological polar surface area (TPSA) is 75.6 Å². The van der Waals surface area contributed by atoms with Crippen LogP contribution < -0.4 is 10.1 Å². The molecule has 3 rings (SSSR count). The molecule has 2 aliphatic carbocycles. The molecule has 124 valence electrons. The Morgan fingerprint density at radius 2 is 1.87 bits per heavy atom. The minimum absolute atomic E-state index is 0.0502. The van der Waals surface area contributed by atoms with Crippen LogP contribution in [0.15, 0.2) is 24.3 Å². The zero-order chi connectivity index (χ0) is 16.2. The number of nitrogens with one attached hydrogen (secondary N) is 1. The number of benzene rings is 1. The fraction of sp³-hybridized carbons (Fsp3) is 0.556. The van der Waals surface area contributed by atoms with Gasteiger partial charge in [-0.05, 0) is 44.1 Å². The first kappa shape index (κ1) is 15.8. The summed E-state index contributed by atoms with van der Waals surface area (Å²) in [7, 11) is 0. The molecule has 2 aliphatic rings. The Balaban J connectivity index is 1.51. The van der Waals surface area contributed by atoms with Gasteiger partial charge in [0, 0.05) is 18.0 Å². The first-order valence-electron chi connectivity index (χ1n) is 8.34. The van der Waals surface area contributed by atoms with E-state index in [0.29, 0.717) is 31.7 Å². The second-order valence-corrected chi connectivity index (χ2v) is 6.63. The van der Waals surface area contributed by atoms with Crippen LogP contribution in [-0.2, 0) is 16.1 Å². The lowest BCUT2D eigenvalue weighted by atomic mass is 10.0. The first-order valence-corrected chi connectivity index (χ1v) is 8.34. The van der Waals surface area contributed by atoms with Gasteiger partial charge in [-0.25, -0.2) is 0 Å². The third-order valence-corrected chi connectivity index (χ3v) is 4.75. The summed E-state index contributed by atoms with van der Waals surface area (Å²) >= 11 is 0. The SMILES string of the molecule is O=C(O)[C@@H]1CC[C@H](C(=O)NCc2ccccc2OCC2CC2)C1. The van der Waals surface area contributed by atoms with Crippen LogP contribution in [0.3, 0.4) is 0 Å². The first-order chi connectivity index (χ1) is 11.1. The van der Waals surface area contributed by atoms with E-state index < -0.39 is 5.97 Å². The average Bonchev–Trinajstić information content (AvgIpc) is 3.24. The minimum atomic E-state index is -0.792. The summed E-state index contributed by atoms with van der Waals surface area (Å²) < 4.78 is 5.84. The predicted octanol–water partition coefficient (Wildman–Crippen LogP) is 2.59. The molecule has 23 heavy (non-hydrogen) atoms. The number of ether oxygens (including phenoxy) is 1. The van der Waals surface area contributed by atoms with Crippen molar-refractivity contribution in [2.24, 2.45) is 17.8 Å². The van der Waals surface area contributed by atoms with E-state index >= 15 is 0 Å². The minimum Gasteiger partial charge on any atom is -0.493 e. The van der Waals surface area contributed by atoms with Crippen molar-refractivity contribution in [3.63, 3.8) is 0 Å². The third kappa shape index (κ3) is 4.24. The Morgan fingerprint density at radius 1 is 1.13 bits per heavy atom. The van der Waals surface area contributed by atoms with E-state index in [4.69, 9.17) is 9.84 Å². The molecule has 0 unspecified atom stereocenters. The lowest BCUT2D eigenvalue weighted by molar-refractivity contribution is -0.141. The Labute approximate surface area is 136 Å². The van der Waals surface area contributed by atoms with Crippen LogP contribution in [0.4, 0.5) is 0 Å². The Bertz CT molecular complexity index is 582. The van der Waals surface area contributed by atoms with Crippen LogP contribution >= 0.6 is 0 Å². The molecule has 0 heterocycles.